The maximum Gasteiger partial charge on any atom is 0.307 e. The van der Waals surface area contributed by atoms with Crippen molar-refractivity contribution in [2.45, 2.75) is 58.9 Å². The van der Waals surface area contributed by atoms with Crippen LogP contribution >= 0.6 is 0 Å². The molecule has 0 aliphatic carbocycles. The summed E-state index contributed by atoms with van der Waals surface area (Å²) in [6, 6.07) is -0.0820. The van der Waals surface area contributed by atoms with Crippen LogP contribution in [0.3, 0.4) is 0 Å². The second-order valence-electron chi connectivity index (χ2n) is 5.69. The van der Waals surface area contributed by atoms with Crippen molar-refractivity contribution in [2.75, 3.05) is 13.2 Å². The van der Waals surface area contributed by atoms with Crippen LogP contribution in [0.5, 0.6) is 0 Å². The lowest BCUT2D eigenvalue weighted by atomic mass is 9.98. The summed E-state index contributed by atoms with van der Waals surface area (Å²) in [5.41, 5.74) is 2.38. The van der Waals surface area contributed by atoms with Crippen LogP contribution in [-0.2, 0) is 16.0 Å². The van der Waals surface area contributed by atoms with E-state index in [1.165, 1.54) is 0 Å². The number of rotatable bonds is 5. The molecule has 1 atom stereocenters. The summed E-state index contributed by atoms with van der Waals surface area (Å²) < 4.78 is 5.02. The van der Waals surface area contributed by atoms with Crippen LogP contribution in [-0.4, -0.2) is 46.2 Å². The van der Waals surface area contributed by atoms with Gasteiger partial charge >= 0.3 is 5.97 Å². The van der Waals surface area contributed by atoms with Crippen LogP contribution in [0, 0.1) is 6.92 Å². The second kappa shape index (κ2) is 7.42. The SMILES string of the molecule is CCOC(=O)C[C@@H]1CCCCN1C(=O)c1n[nH]c(CC)c1C. The van der Waals surface area contributed by atoms with E-state index in [-0.39, 0.29) is 24.3 Å². The lowest BCUT2D eigenvalue weighted by Gasteiger charge is -2.35. The minimum Gasteiger partial charge on any atom is -0.466 e. The predicted octanol–water partition coefficient (Wildman–Crippen LogP) is 2.23. The van der Waals surface area contributed by atoms with Crippen molar-refractivity contribution >= 4 is 11.9 Å². The number of ether oxygens (including phenoxy) is 1. The first-order valence-corrected chi connectivity index (χ1v) is 8.08. The number of hydrogen-bond donors (Lipinski definition) is 1. The minimum atomic E-state index is -0.236. The number of hydrogen-bond acceptors (Lipinski definition) is 4. The van der Waals surface area contributed by atoms with Crippen LogP contribution < -0.4 is 0 Å². The maximum atomic E-state index is 12.8. The molecule has 1 aliphatic heterocycles. The molecule has 1 aromatic rings. The van der Waals surface area contributed by atoms with Gasteiger partial charge in [0.1, 0.15) is 0 Å². The minimum absolute atomic E-state index is 0.0811. The lowest BCUT2D eigenvalue weighted by Crippen LogP contribution is -2.45. The molecule has 2 rings (SSSR count). The average Bonchev–Trinajstić information content (AvgIpc) is 2.88. The standard InChI is InChI=1S/C16H25N3O3/c1-4-13-11(3)15(18-17-13)16(21)19-9-7-6-8-12(19)10-14(20)22-5-2/h12H,4-10H2,1-3H3,(H,17,18)/t12-/m0/s1. The van der Waals surface area contributed by atoms with E-state index in [0.29, 0.717) is 18.8 Å². The molecule has 6 nitrogen and oxygen atoms in total. The molecule has 1 fully saturated rings. The third-order valence-corrected chi connectivity index (χ3v) is 4.26. The molecule has 0 unspecified atom stereocenters. The molecule has 0 bridgehead atoms. The Morgan fingerprint density at radius 2 is 2.14 bits per heavy atom. The summed E-state index contributed by atoms with van der Waals surface area (Å²) in [6.07, 6.45) is 3.93. The van der Waals surface area contributed by atoms with Gasteiger partial charge in [-0.25, -0.2) is 0 Å². The van der Waals surface area contributed by atoms with Gasteiger partial charge in [0.05, 0.1) is 13.0 Å². The molecule has 0 aromatic carbocycles. The van der Waals surface area contributed by atoms with E-state index < -0.39 is 0 Å². The van der Waals surface area contributed by atoms with E-state index in [1.54, 1.807) is 11.8 Å². The number of carbonyl (C=O) groups is 2. The summed E-state index contributed by atoms with van der Waals surface area (Å²) in [5.74, 6) is -0.317. The fourth-order valence-corrected chi connectivity index (χ4v) is 3.01. The molecular formula is C16H25N3O3. The van der Waals surface area contributed by atoms with Gasteiger partial charge in [-0.2, -0.15) is 5.10 Å². The molecule has 22 heavy (non-hydrogen) atoms. The fourth-order valence-electron chi connectivity index (χ4n) is 3.01. The van der Waals surface area contributed by atoms with Crippen molar-refractivity contribution in [2.24, 2.45) is 0 Å². The van der Waals surface area contributed by atoms with Crippen LogP contribution in [0.1, 0.15) is 61.3 Å². The normalized spacial score (nSPS) is 18.3. The molecule has 1 aromatic heterocycles. The molecule has 2 heterocycles. The highest BCUT2D eigenvalue weighted by Gasteiger charge is 2.31. The van der Waals surface area contributed by atoms with Crippen molar-refractivity contribution in [1.29, 1.82) is 0 Å². The molecule has 0 saturated carbocycles. The summed E-state index contributed by atoms with van der Waals surface area (Å²) >= 11 is 0. The topological polar surface area (TPSA) is 75.3 Å². The Balaban J connectivity index is 2.14. The van der Waals surface area contributed by atoms with Gasteiger partial charge in [-0.15, -0.1) is 0 Å². The molecule has 1 aliphatic rings. The zero-order chi connectivity index (χ0) is 16.1. The number of aromatic amines is 1. The number of aromatic nitrogens is 2. The zero-order valence-electron chi connectivity index (χ0n) is 13.6. The summed E-state index contributed by atoms with van der Waals surface area (Å²) in [7, 11) is 0. The number of amides is 1. The van der Waals surface area contributed by atoms with E-state index in [4.69, 9.17) is 4.74 Å². The average molecular weight is 307 g/mol. The number of likely N-dealkylation sites (tertiary alicyclic amines) is 1. The van der Waals surface area contributed by atoms with E-state index >= 15 is 0 Å². The Bertz CT molecular complexity index is 539. The predicted molar refractivity (Wildman–Crippen MR) is 82.6 cm³/mol. The summed E-state index contributed by atoms with van der Waals surface area (Å²) in [4.78, 5) is 26.3. The van der Waals surface area contributed by atoms with E-state index in [0.717, 1.165) is 36.9 Å². The number of nitrogens with one attached hydrogen (secondary N) is 1. The molecule has 0 spiro atoms. The van der Waals surface area contributed by atoms with Gasteiger partial charge in [0.25, 0.3) is 5.91 Å². The number of H-pyrrole nitrogens is 1. The highest BCUT2D eigenvalue weighted by atomic mass is 16.5. The molecule has 0 radical (unpaired) electrons. The highest BCUT2D eigenvalue weighted by Crippen LogP contribution is 2.23. The zero-order valence-corrected chi connectivity index (χ0v) is 13.6. The van der Waals surface area contributed by atoms with Gasteiger partial charge in [-0.3, -0.25) is 14.7 Å². The van der Waals surface area contributed by atoms with Gasteiger partial charge < -0.3 is 9.64 Å². The molecule has 1 amide bonds. The Kier molecular flexibility index (Phi) is 5.57. The molecule has 1 saturated heterocycles. The molecule has 122 valence electrons. The second-order valence-corrected chi connectivity index (χ2v) is 5.69. The monoisotopic (exact) mass is 307 g/mol. The largest absolute Gasteiger partial charge is 0.466 e. The number of carbonyl (C=O) groups excluding carboxylic acids is 2. The summed E-state index contributed by atoms with van der Waals surface area (Å²) in [5, 5.41) is 7.11. The fraction of sp³-hybridized carbons (Fsp3) is 0.688. The third kappa shape index (κ3) is 3.48. The van der Waals surface area contributed by atoms with Crippen molar-refractivity contribution in [3.05, 3.63) is 17.0 Å². The van der Waals surface area contributed by atoms with Crippen LogP contribution in [0.4, 0.5) is 0 Å². The van der Waals surface area contributed by atoms with E-state index in [1.807, 2.05) is 13.8 Å². The third-order valence-electron chi connectivity index (χ3n) is 4.26. The Hall–Kier alpha value is -1.85. The smallest absolute Gasteiger partial charge is 0.307 e. The first kappa shape index (κ1) is 16.5. The molecule has 1 N–H and O–H groups in total. The van der Waals surface area contributed by atoms with Crippen molar-refractivity contribution < 1.29 is 14.3 Å². The quantitative estimate of drug-likeness (QED) is 0.846. The van der Waals surface area contributed by atoms with Gasteiger partial charge in [0.15, 0.2) is 5.69 Å². The first-order valence-electron chi connectivity index (χ1n) is 8.08. The Labute approximate surface area is 131 Å². The van der Waals surface area contributed by atoms with Gasteiger partial charge in [0, 0.05) is 23.8 Å². The van der Waals surface area contributed by atoms with Crippen LogP contribution in [0.15, 0.2) is 0 Å². The molecular weight excluding hydrogens is 282 g/mol. The number of piperidine rings is 1. The number of esters is 1. The summed E-state index contributed by atoms with van der Waals surface area (Å²) in [6.45, 7) is 6.79. The van der Waals surface area contributed by atoms with Crippen LogP contribution in [0.2, 0.25) is 0 Å². The highest BCUT2D eigenvalue weighted by molar-refractivity contribution is 5.94. The van der Waals surface area contributed by atoms with Crippen molar-refractivity contribution in [1.82, 2.24) is 15.1 Å². The van der Waals surface area contributed by atoms with Gasteiger partial charge in [0.2, 0.25) is 0 Å². The number of nitrogens with zero attached hydrogens (tertiary/aromatic N) is 2. The Morgan fingerprint density at radius 3 is 2.77 bits per heavy atom. The lowest BCUT2D eigenvalue weighted by molar-refractivity contribution is -0.144. The molecule has 6 heteroatoms. The van der Waals surface area contributed by atoms with Gasteiger partial charge in [-0.1, -0.05) is 6.92 Å². The van der Waals surface area contributed by atoms with Crippen molar-refractivity contribution in [3.8, 4) is 0 Å². The van der Waals surface area contributed by atoms with E-state index in [2.05, 4.69) is 10.2 Å². The first-order chi connectivity index (χ1) is 10.6. The van der Waals surface area contributed by atoms with Crippen molar-refractivity contribution in [3.63, 3.8) is 0 Å². The number of aryl methyl sites for hydroxylation is 1. The Morgan fingerprint density at radius 1 is 1.36 bits per heavy atom. The van der Waals surface area contributed by atoms with E-state index in [9.17, 15) is 9.59 Å². The van der Waals surface area contributed by atoms with Crippen LogP contribution in [0.25, 0.3) is 0 Å². The van der Waals surface area contributed by atoms with Gasteiger partial charge in [-0.05, 0) is 39.5 Å². The maximum absolute atomic E-state index is 12.8.